The van der Waals surface area contributed by atoms with Crippen molar-refractivity contribution in [3.05, 3.63) is 11.0 Å². The second kappa shape index (κ2) is 5.99. The van der Waals surface area contributed by atoms with Crippen LogP contribution < -0.4 is 0 Å². The van der Waals surface area contributed by atoms with Crippen molar-refractivity contribution in [3.63, 3.8) is 0 Å². The SMILES string of the molecule is COC(=O)C1(C(=O)OC)C/C(=C/SC(C)=O)C(C)(C)C1. The molecule has 0 atom stereocenters. The van der Waals surface area contributed by atoms with E-state index in [1.54, 1.807) is 5.41 Å². The zero-order valence-corrected chi connectivity index (χ0v) is 13.3. The minimum absolute atomic E-state index is 0.0399. The van der Waals surface area contributed by atoms with Crippen molar-refractivity contribution in [2.75, 3.05) is 14.2 Å². The predicted molar refractivity (Wildman–Crippen MR) is 75.8 cm³/mol. The quantitative estimate of drug-likeness (QED) is 0.588. The molecule has 0 amide bonds. The zero-order valence-electron chi connectivity index (χ0n) is 12.4. The van der Waals surface area contributed by atoms with Gasteiger partial charge in [-0.05, 0) is 23.7 Å². The van der Waals surface area contributed by atoms with Gasteiger partial charge in [0.1, 0.15) is 0 Å². The van der Waals surface area contributed by atoms with E-state index in [9.17, 15) is 14.4 Å². The maximum Gasteiger partial charge on any atom is 0.323 e. The number of hydrogen-bond acceptors (Lipinski definition) is 6. The third-order valence-electron chi connectivity index (χ3n) is 3.62. The first-order chi connectivity index (χ1) is 9.19. The molecule has 0 radical (unpaired) electrons. The van der Waals surface area contributed by atoms with E-state index >= 15 is 0 Å². The Hall–Kier alpha value is -1.30. The summed E-state index contributed by atoms with van der Waals surface area (Å²) in [4.78, 5) is 35.3. The van der Waals surface area contributed by atoms with Crippen LogP contribution in [0.4, 0.5) is 0 Å². The second-order valence-corrected chi connectivity index (χ2v) is 6.60. The molecule has 0 aliphatic heterocycles. The molecule has 1 aliphatic carbocycles. The van der Waals surface area contributed by atoms with E-state index in [1.165, 1.54) is 21.1 Å². The molecule has 0 aromatic heterocycles. The van der Waals surface area contributed by atoms with Crippen molar-refractivity contribution in [3.8, 4) is 0 Å². The van der Waals surface area contributed by atoms with Crippen LogP contribution in [0.25, 0.3) is 0 Å². The molecule has 0 aromatic carbocycles. The lowest BCUT2D eigenvalue weighted by Crippen LogP contribution is -2.39. The largest absolute Gasteiger partial charge is 0.468 e. The average Bonchev–Trinajstić information content (AvgIpc) is 2.66. The molecule has 112 valence electrons. The third kappa shape index (κ3) is 3.06. The number of allylic oxidation sites excluding steroid dienone is 1. The average molecular weight is 300 g/mol. The number of carbonyl (C=O) groups excluding carboxylic acids is 3. The maximum atomic E-state index is 12.1. The molecule has 20 heavy (non-hydrogen) atoms. The van der Waals surface area contributed by atoms with Crippen molar-refractivity contribution >= 4 is 28.8 Å². The second-order valence-electron chi connectivity index (χ2n) is 5.56. The molecule has 0 N–H and O–H groups in total. The van der Waals surface area contributed by atoms with Crippen LogP contribution in [0.3, 0.4) is 0 Å². The summed E-state index contributed by atoms with van der Waals surface area (Å²) >= 11 is 1.07. The van der Waals surface area contributed by atoms with E-state index in [0.717, 1.165) is 17.3 Å². The Morgan fingerprint density at radius 2 is 1.65 bits per heavy atom. The van der Waals surface area contributed by atoms with Crippen LogP contribution >= 0.6 is 11.8 Å². The van der Waals surface area contributed by atoms with Gasteiger partial charge in [-0.2, -0.15) is 0 Å². The first-order valence-electron chi connectivity index (χ1n) is 6.23. The molecule has 6 heteroatoms. The molecule has 1 rings (SSSR count). The number of thioether (sulfide) groups is 1. The van der Waals surface area contributed by atoms with Crippen LogP contribution in [0.2, 0.25) is 0 Å². The highest BCUT2D eigenvalue weighted by molar-refractivity contribution is 8.16. The molecule has 0 unspecified atom stereocenters. The van der Waals surface area contributed by atoms with Gasteiger partial charge in [0, 0.05) is 6.92 Å². The van der Waals surface area contributed by atoms with Gasteiger partial charge in [-0.1, -0.05) is 31.2 Å². The fourth-order valence-corrected chi connectivity index (χ4v) is 3.32. The highest BCUT2D eigenvalue weighted by Gasteiger charge is 2.58. The standard InChI is InChI=1S/C14H20O5S/c1-9(15)20-7-10-6-14(11(16)18-4,12(17)19-5)8-13(10,2)3/h7H,6,8H2,1-5H3/b10-7-. The van der Waals surface area contributed by atoms with E-state index in [4.69, 9.17) is 9.47 Å². The van der Waals surface area contributed by atoms with E-state index in [2.05, 4.69) is 0 Å². The Kier molecular flexibility index (Phi) is 5.02. The number of hydrogen-bond donors (Lipinski definition) is 0. The van der Waals surface area contributed by atoms with Gasteiger partial charge in [0.2, 0.25) is 0 Å². The molecule has 1 saturated carbocycles. The van der Waals surface area contributed by atoms with Gasteiger partial charge >= 0.3 is 11.9 Å². The topological polar surface area (TPSA) is 69.7 Å². The first kappa shape index (κ1) is 16.8. The highest BCUT2D eigenvalue weighted by atomic mass is 32.2. The lowest BCUT2D eigenvalue weighted by atomic mass is 9.81. The molecule has 0 spiro atoms. The van der Waals surface area contributed by atoms with Crippen LogP contribution in [-0.2, 0) is 23.9 Å². The minimum Gasteiger partial charge on any atom is -0.468 e. The third-order valence-corrected chi connectivity index (χ3v) is 4.36. The lowest BCUT2D eigenvalue weighted by molar-refractivity contribution is -0.169. The fourth-order valence-electron chi connectivity index (χ4n) is 2.61. The normalized spacial score (nSPS) is 21.6. The Morgan fingerprint density at radius 1 is 1.15 bits per heavy atom. The summed E-state index contributed by atoms with van der Waals surface area (Å²) in [6.07, 6.45) is 0.531. The van der Waals surface area contributed by atoms with Gasteiger partial charge in [-0.25, -0.2) is 0 Å². The van der Waals surface area contributed by atoms with E-state index < -0.39 is 17.4 Å². The molecule has 5 nitrogen and oxygen atoms in total. The summed E-state index contributed by atoms with van der Waals surface area (Å²) in [5.74, 6) is -1.18. The molecule has 0 bridgehead atoms. The Bertz CT molecular complexity index is 448. The summed E-state index contributed by atoms with van der Waals surface area (Å²) in [5, 5.41) is 1.69. The van der Waals surface area contributed by atoms with E-state index in [1.807, 2.05) is 13.8 Å². The van der Waals surface area contributed by atoms with Crippen molar-refractivity contribution < 1.29 is 23.9 Å². The van der Waals surface area contributed by atoms with Crippen LogP contribution in [0, 0.1) is 10.8 Å². The molecule has 1 fully saturated rings. The summed E-state index contributed by atoms with van der Waals surface area (Å²) in [6.45, 7) is 5.35. The smallest absolute Gasteiger partial charge is 0.323 e. The molecule has 0 saturated heterocycles. The van der Waals surface area contributed by atoms with Crippen LogP contribution in [-0.4, -0.2) is 31.3 Å². The van der Waals surface area contributed by atoms with Crippen LogP contribution in [0.15, 0.2) is 11.0 Å². The molecule has 0 heterocycles. The van der Waals surface area contributed by atoms with Gasteiger partial charge in [0.15, 0.2) is 10.5 Å². The predicted octanol–water partition coefficient (Wildman–Crippen LogP) is 2.30. The number of ether oxygens (including phenoxy) is 2. The van der Waals surface area contributed by atoms with Gasteiger partial charge in [-0.15, -0.1) is 0 Å². The molecule has 1 aliphatic rings. The summed E-state index contributed by atoms with van der Waals surface area (Å²) in [7, 11) is 2.51. The number of carbonyl (C=O) groups is 3. The monoisotopic (exact) mass is 300 g/mol. The first-order valence-corrected chi connectivity index (χ1v) is 7.11. The van der Waals surface area contributed by atoms with Crippen molar-refractivity contribution in [1.82, 2.24) is 0 Å². The van der Waals surface area contributed by atoms with Crippen molar-refractivity contribution in [2.45, 2.75) is 33.6 Å². The zero-order chi connectivity index (χ0) is 15.6. The number of esters is 2. The van der Waals surface area contributed by atoms with E-state index in [0.29, 0.717) is 6.42 Å². The Labute approximate surface area is 123 Å². The maximum absolute atomic E-state index is 12.1. The van der Waals surface area contributed by atoms with Gasteiger partial charge in [0.25, 0.3) is 0 Å². The fraction of sp³-hybridized carbons (Fsp3) is 0.643. The Morgan fingerprint density at radius 3 is 2.05 bits per heavy atom. The van der Waals surface area contributed by atoms with Crippen molar-refractivity contribution in [1.29, 1.82) is 0 Å². The highest BCUT2D eigenvalue weighted by Crippen LogP contribution is 2.54. The lowest BCUT2D eigenvalue weighted by Gasteiger charge is -2.24. The van der Waals surface area contributed by atoms with Gasteiger partial charge in [0.05, 0.1) is 14.2 Å². The number of methoxy groups -OCH3 is 2. The summed E-state index contributed by atoms with van der Waals surface area (Å²) in [6, 6.07) is 0. The Balaban J connectivity index is 3.19. The summed E-state index contributed by atoms with van der Waals surface area (Å²) < 4.78 is 9.57. The van der Waals surface area contributed by atoms with E-state index in [-0.39, 0.29) is 17.0 Å². The molecular formula is C14H20O5S. The number of rotatable bonds is 3. The van der Waals surface area contributed by atoms with Crippen LogP contribution in [0.1, 0.15) is 33.6 Å². The molecular weight excluding hydrogens is 280 g/mol. The minimum atomic E-state index is -1.31. The van der Waals surface area contributed by atoms with Gasteiger partial charge < -0.3 is 9.47 Å². The summed E-state index contributed by atoms with van der Waals surface area (Å²) in [5.41, 5.74) is -0.797. The van der Waals surface area contributed by atoms with Crippen LogP contribution in [0.5, 0.6) is 0 Å². The van der Waals surface area contributed by atoms with Crippen molar-refractivity contribution in [2.24, 2.45) is 10.8 Å². The van der Waals surface area contributed by atoms with Gasteiger partial charge in [-0.3, -0.25) is 14.4 Å². The molecule has 0 aromatic rings.